The van der Waals surface area contributed by atoms with Crippen molar-refractivity contribution in [2.75, 3.05) is 0 Å². The fourth-order valence-electron chi connectivity index (χ4n) is 2.40. The van der Waals surface area contributed by atoms with Crippen LogP contribution in [0, 0.1) is 11.3 Å². The molecule has 1 aromatic heterocycles. The number of fused-ring (bicyclic) bond motifs is 1. The molecule has 23 heavy (non-hydrogen) atoms. The molecular formula is C19H15NO3. The predicted octanol–water partition coefficient (Wildman–Crippen LogP) is 4.01. The van der Waals surface area contributed by atoms with Gasteiger partial charge >= 0.3 is 5.97 Å². The van der Waals surface area contributed by atoms with Crippen molar-refractivity contribution < 1.29 is 13.9 Å². The van der Waals surface area contributed by atoms with Crippen LogP contribution in [0.15, 0.2) is 53.1 Å². The Balaban J connectivity index is 1.73. The van der Waals surface area contributed by atoms with Crippen LogP contribution < -0.4 is 4.74 Å². The van der Waals surface area contributed by atoms with Gasteiger partial charge in [0.05, 0.1) is 24.3 Å². The summed E-state index contributed by atoms with van der Waals surface area (Å²) >= 11 is 0. The number of esters is 1. The van der Waals surface area contributed by atoms with E-state index in [2.05, 4.69) is 6.92 Å². The predicted molar refractivity (Wildman–Crippen MR) is 86.1 cm³/mol. The molecule has 0 N–H and O–H groups in total. The average molecular weight is 305 g/mol. The van der Waals surface area contributed by atoms with Gasteiger partial charge in [0.15, 0.2) is 0 Å². The van der Waals surface area contributed by atoms with Crippen LogP contribution in [-0.2, 0) is 17.6 Å². The van der Waals surface area contributed by atoms with Gasteiger partial charge in [-0.2, -0.15) is 5.26 Å². The number of hydrogen-bond acceptors (Lipinski definition) is 4. The highest BCUT2D eigenvalue weighted by Gasteiger charge is 2.12. The lowest BCUT2D eigenvalue weighted by Gasteiger charge is -2.03. The lowest BCUT2D eigenvalue weighted by atomic mass is 10.1. The summed E-state index contributed by atoms with van der Waals surface area (Å²) in [5.74, 6) is 0.0621. The molecule has 1 heterocycles. The Labute approximate surface area is 133 Å². The monoisotopic (exact) mass is 305 g/mol. The highest BCUT2D eigenvalue weighted by atomic mass is 16.5. The molecule has 0 radical (unpaired) electrons. The molecule has 0 spiro atoms. The lowest BCUT2D eigenvalue weighted by Crippen LogP contribution is -2.10. The molecule has 0 fully saturated rings. The van der Waals surface area contributed by atoms with Crippen LogP contribution in [0.5, 0.6) is 5.75 Å². The van der Waals surface area contributed by atoms with Crippen molar-refractivity contribution in [2.45, 2.75) is 19.8 Å². The number of nitriles is 1. The molecule has 114 valence electrons. The first kappa shape index (κ1) is 14.9. The molecule has 0 saturated heterocycles. The van der Waals surface area contributed by atoms with Crippen molar-refractivity contribution in [3.63, 3.8) is 0 Å². The number of rotatable bonds is 4. The third kappa shape index (κ3) is 3.24. The molecule has 0 bridgehead atoms. The largest absolute Gasteiger partial charge is 0.464 e. The summed E-state index contributed by atoms with van der Waals surface area (Å²) < 4.78 is 10.8. The van der Waals surface area contributed by atoms with E-state index in [4.69, 9.17) is 14.4 Å². The maximum Gasteiger partial charge on any atom is 0.315 e. The van der Waals surface area contributed by atoms with Gasteiger partial charge in [-0.3, -0.25) is 4.79 Å². The number of benzene rings is 2. The lowest BCUT2D eigenvalue weighted by molar-refractivity contribution is -0.133. The Bertz CT molecular complexity index is 885. The zero-order valence-corrected chi connectivity index (χ0v) is 12.7. The molecule has 0 aliphatic rings. The average Bonchev–Trinajstić information content (AvgIpc) is 2.97. The van der Waals surface area contributed by atoms with E-state index in [9.17, 15) is 4.79 Å². The van der Waals surface area contributed by atoms with Gasteiger partial charge in [0.25, 0.3) is 0 Å². The first-order valence-electron chi connectivity index (χ1n) is 7.39. The minimum atomic E-state index is -0.364. The molecule has 0 unspecified atom stereocenters. The molecule has 3 rings (SSSR count). The third-order valence-corrected chi connectivity index (χ3v) is 3.68. The van der Waals surface area contributed by atoms with Crippen molar-refractivity contribution in [3.8, 4) is 11.8 Å². The number of carbonyl (C=O) groups excluding carboxylic acids is 1. The van der Waals surface area contributed by atoms with E-state index in [1.807, 2.05) is 24.3 Å². The van der Waals surface area contributed by atoms with Crippen LogP contribution >= 0.6 is 0 Å². The standard InChI is InChI=1S/C19H15NO3/c1-2-13-5-8-17-15(12-22-18(17)9-13)10-19(21)23-16-6-3-14(11-20)4-7-16/h3-9,12H,2,10H2,1H3. The molecule has 4 heteroatoms. The van der Waals surface area contributed by atoms with Crippen molar-refractivity contribution >= 4 is 16.9 Å². The summed E-state index contributed by atoms with van der Waals surface area (Å²) in [4.78, 5) is 12.1. The Kier molecular flexibility index (Phi) is 4.11. The number of aryl methyl sites for hydroxylation is 1. The maximum atomic E-state index is 12.1. The maximum absolute atomic E-state index is 12.1. The molecule has 3 aromatic rings. The second-order valence-electron chi connectivity index (χ2n) is 5.23. The van der Waals surface area contributed by atoms with Crippen molar-refractivity contribution in [2.24, 2.45) is 0 Å². The van der Waals surface area contributed by atoms with E-state index in [-0.39, 0.29) is 12.4 Å². The molecule has 0 atom stereocenters. The fraction of sp³-hybridized carbons (Fsp3) is 0.158. The molecule has 0 amide bonds. The molecule has 0 saturated carbocycles. The van der Waals surface area contributed by atoms with Crippen LogP contribution in [0.4, 0.5) is 0 Å². The molecule has 4 nitrogen and oxygen atoms in total. The van der Waals surface area contributed by atoms with E-state index in [1.54, 1.807) is 30.5 Å². The molecule has 2 aromatic carbocycles. The first-order valence-corrected chi connectivity index (χ1v) is 7.39. The zero-order valence-electron chi connectivity index (χ0n) is 12.7. The number of carbonyl (C=O) groups is 1. The van der Waals surface area contributed by atoms with E-state index in [0.29, 0.717) is 11.3 Å². The second kappa shape index (κ2) is 6.37. The van der Waals surface area contributed by atoms with Crippen LogP contribution in [0.3, 0.4) is 0 Å². The van der Waals surface area contributed by atoms with Gasteiger partial charge in [0.1, 0.15) is 11.3 Å². The molecule has 0 aliphatic heterocycles. The minimum Gasteiger partial charge on any atom is -0.464 e. The van der Waals surface area contributed by atoms with E-state index in [0.717, 1.165) is 23.0 Å². The Morgan fingerprint density at radius 2 is 2.00 bits per heavy atom. The summed E-state index contributed by atoms with van der Waals surface area (Å²) in [5, 5.41) is 9.68. The number of ether oxygens (including phenoxy) is 1. The Hall–Kier alpha value is -3.06. The Morgan fingerprint density at radius 3 is 2.70 bits per heavy atom. The van der Waals surface area contributed by atoms with Crippen molar-refractivity contribution in [1.29, 1.82) is 5.26 Å². The molecule has 0 aliphatic carbocycles. The fourth-order valence-corrected chi connectivity index (χ4v) is 2.40. The van der Waals surface area contributed by atoms with Gasteiger partial charge in [0.2, 0.25) is 0 Å². The smallest absolute Gasteiger partial charge is 0.315 e. The Morgan fingerprint density at radius 1 is 1.22 bits per heavy atom. The van der Waals surface area contributed by atoms with Crippen molar-refractivity contribution in [3.05, 3.63) is 65.4 Å². The normalized spacial score (nSPS) is 10.4. The van der Waals surface area contributed by atoms with Crippen LogP contribution in [0.25, 0.3) is 11.0 Å². The van der Waals surface area contributed by atoms with Crippen molar-refractivity contribution in [1.82, 2.24) is 0 Å². The summed E-state index contributed by atoms with van der Waals surface area (Å²) in [6.45, 7) is 2.08. The van der Waals surface area contributed by atoms with Gasteiger partial charge in [-0.1, -0.05) is 19.1 Å². The van der Waals surface area contributed by atoms with E-state index >= 15 is 0 Å². The minimum absolute atomic E-state index is 0.137. The SMILES string of the molecule is CCc1ccc2c(CC(=O)Oc3ccc(C#N)cc3)coc2c1. The summed E-state index contributed by atoms with van der Waals surface area (Å²) in [7, 11) is 0. The number of hydrogen-bond donors (Lipinski definition) is 0. The topological polar surface area (TPSA) is 63.2 Å². The van der Waals surface area contributed by atoms with E-state index in [1.165, 1.54) is 5.56 Å². The van der Waals surface area contributed by atoms with Crippen LogP contribution in [-0.4, -0.2) is 5.97 Å². The number of nitrogens with zero attached hydrogens (tertiary/aromatic N) is 1. The van der Waals surface area contributed by atoms with E-state index < -0.39 is 0 Å². The highest BCUT2D eigenvalue weighted by Crippen LogP contribution is 2.23. The highest BCUT2D eigenvalue weighted by molar-refractivity contribution is 5.86. The summed E-state index contributed by atoms with van der Waals surface area (Å²) in [5.41, 5.74) is 3.31. The van der Waals surface area contributed by atoms with Gasteiger partial charge in [0, 0.05) is 10.9 Å². The molecular weight excluding hydrogens is 290 g/mol. The first-order chi connectivity index (χ1) is 11.2. The number of furan rings is 1. The summed E-state index contributed by atoms with van der Waals surface area (Å²) in [6, 6.07) is 14.5. The second-order valence-corrected chi connectivity index (χ2v) is 5.23. The quantitative estimate of drug-likeness (QED) is 0.539. The van der Waals surface area contributed by atoms with Gasteiger partial charge in [-0.15, -0.1) is 0 Å². The van der Waals surface area contributed by atoms with Gasteiger partial charge < -0.3 is 9.15 Å². The van der Waals surface area contributed by atoms with Gasteiger partial charge in [-0.05, 0) is 42.3 Å². The van der Waals surface area contributed by atoms with Crippen LogP contribution in [0.1, 0.15) is 23.6 Å². The third-order valence-electron chi connectivity index (χ3n) is 3.68. The zero-order chi connectivity index (χ0) is 16.2. The van der Waals surface area contributed by atoms with Gasteiger partial charge in [-0.25, -0.2) is 0 Å². The van der Waals surface area contributed by atoms with Crippen LogP contribution in [0.2, 0.25) is 0 Å². The summed E-state index contributed by atoms with van der Waals surface area (Å²) in [6.07, 6.45) is 2.68.